The topological polar surface area (TPSA) is 35.2 Å². The highest BCUT2D eigenvalue weighted by Crippen LogP contribution is 2.13. The molecule has 0 amide bonds. The minimum atomic E-state index is 0.282. The van der Waals surface area contributed by atoms with Crippen LogP contribution in [0.15, 0.2) is 12.2 Å². The van der Waals surface area contributed by atoms with E-state index >= 15 is 0 Å². The van der Waals surface area contributed by atoms with Crippen LogP contribution in [0, 0.1) is 0 Å². The molecule has 0 saturated carbocycles. The highest BCUT2D eigenvalue weighted by molar-refractivity contribution is 4.81. The van der Waals surface area contributed by atoms with Gasteiger partial charge in [0.15, 0.2) is 0 Å². The highest BCUT2D eigenvalue weighted by atomic mass is 16.6. The van der Waals surface area contributed by atoms with Crippen LogP contribution in [0.1, 0.15) is 117 Å². The van der Waals surface area contributed by atoms with Crippen molar-refractivity contribution in [3.63, 3.8) is 0 Å². The molecule has 0 rings (SSSR count). The number of hydrogen-bond acceptors (Lipinski definition) is 2. The predicted octanol–water partition coefficient (Wildman–Crippen LogP) is 7.08. The molecule has 0 heterocycles. The van der Waals surface area contributed by atoms with Crippen LogP contribution >= 0.6 is 0 Å². The molecule has 0 aromatic carbocycles. The van der Waals surface area contributed by atoms with E-state index in [-0.39, 0.29) is 6.10 Å². The Morgan fingerprint density at radius 3 is 1.70 bits per heavy atom. The van der Waals surface area contributed by atoms with E-state index in [1.54, 1.807) is 0 Å². The third kappa shape index (κ3) is 17.8. The summed E-state index contributed by atoms with van der Waals surface area (Å²) in [4.78, 5) is 5.00. The Morgan fingerprint density at radius 2 is 1.17 bits per heavy atom. The van der Waals surface area contributed by atoms with Crippen molar-refractivity contribution >= 4 is 0 Å². The molecular formula is C21H43NO. The number of allylic oxidation sites excluding steroid dienone is 2. The molecule has 0 aliphatic heterocycles. The third-order valence-electron chi connectivity index (χ3n) is 4.59. The van der Waals surface area contributed by atoms with Gasteiger partial charge in [0.25, 0.3) is 0 Å². The first-order chi connectivity index (χ1) is 11.3. The standard InChI is InChI=1S/C21H43NO/c1-3-5-6-7-8-9-10-11-12-13-14-15-16-17-18-20-21(23-22)19-4-2/h11-12,21H,3-10,13-20,22H2,1-2H3/b12-11+. The smallest absolute Gasteiger partial charge is 0.0787 e. The molecule has 0 bridgehead atoms. The van der Waals surface area contributed by atoms with E-state index in [2.05, 4.69) is 26.0 Å². The molecule has 2 nitrogen and oxygen atoms in total. The molecule has 0 aliphatic carbocycles. The summed E-state index contributed by atoms with van der Waals surface area (Å²) in [6, 6.07) is 0. The maximum atomic E-state index is 5.31. The van der Waals surface area contributed by atoms with Gasteiger partial charge in [-0.1, -0.05) is 90.2 Å². The summed E-state index contributed by atoms with van der Waals surface area (Å²) in [5.74, 6) is 5.31. The van der Waals surface area contributed by atoms with Gasteiger partial charge < -0.3 is 4.84 Å². The molecule has 0 aromatic heterocycles. The first-order valence-corrected chi connectivity index (χ1v) is 10.4. The predicted molar refractivity (Wildman–Crippen MR) is 103 cm³/mol. The van der Waals surface area contributed by atoms with E-state index in [1.807, 2.05) is 0 Å². The molecule has 0 saturated heterocycles. The van der Waals surface area contributed by atoms with Gasteiger partial charge in [0, 0.05) is 0 Å². The second-order valence-electron chi connectivity index (χ2n) is 6.92. The van der Waals surface area contributed by atoms with Crippen LogP contribution in [0.5, 0.6) is 0 Å². The Labute approximate surface area is 146 Å². The van der Waals surface area contributed by atoms with Crippen molar-refractivity contribution in [3.8, 4) is 0 Å². The van der Waals surface area contributed by atoms with Gasteiger partial charge in [-0.25, -0.2) is 5.90 Å². The molecule has 138 valence electrons. The average Bonchev–Trinajstić information content (AvgIpc) is 2.57. The first-order valence-electron chi connectivity index (χ1n) is 10.4. The van der Waals surface area contributed by atoms with E-state index in [9.17, 15) is 0 Å². The number of nitrogens with two attached hydrogens (primary N) is 1. The van der Waals surface area contributed by atoms with Crippen molar-refractivity contribution < 1.29 is 4.84 Å². The van der Waals surface area contributed by atoms with Crippen LogP contribution in [0.2, 0.25) is 0 Å². The van der Waals surface area contributed by atoms with Gasteiger partial charge in [-0.2, -0.15) is 0 Å². The van der Waals surface area contributed by atoms with Crippen molar-refractivity contribution in [1.82, 2.24) is 0 Å². The van der Waals surface area contributed by atoms with Gasteiger partial charge in [0.2, 0.25) is 0 Å². The lowest BCUT2D eigenvalue weighted by Crippen LogP contribution is -2.16. The van der Waals surface area contributed by atoms with Crippen molar-refractivity contribution in [1.29, 1.82) is 0 Å². The molecule has 1 atom stereocenters. The minimum Gasteiger partial charge on any atom is -0.301 e. The van der Waals surface area contributed by atoms with E-state index in [0.29, 0.717) is 0 Å². The third-order valence-corrected chi connectivity index (χ3v) is 4.59. The van der Waals surface area contributed by atoms with Gasteiger partial charge in [-0.3, -0.25) is 0 Å². The maximum absolute atomic E-state index is 5.31. The zero-order chi connectivity index (χ0) is 17.0. The molecule has 0 aromatic rings. The fraction of sp³-hybridized carbons (Fsp3) is 0.905. The molecular weight excluding hydrogens is 282 g/mol. The van der Waals surface area contributed by atoms with Crippen LogP contribution in [0.25, 0.3) is 0 Å². The van der Waals surface area contributed by atoms with E-state index < -0.39 is 0 Å². The fourth-order valence-electron chi connectivity index (χ4n) is 3.05. The maximum Gasteiger partial charge on any atom is 0.0787 e. The largest absolute Gasteiger partial charge is 0.301 e. The number of rotatable bonds is 18. The Hall–Kier alpha value is -0.340. The molecule has 0 aliphatic rings. The minimum absolute atomic E-state index is 0.282. The Kier molecular flexibility index (Phi) is 19.4. The number of unbranched alkanes of at least 4 members (excludes halogenated alkanes) is 11. The van der Waals surface area contributed by atoms with E-state index in [4.69, 9.17) is 10.7 Å². The first kappa shape index (κ1) is 22.7. The van der Waals surface area contributed by atoms with Crippen molar-refractivity contribution in [2.45, 2.75) is 123 Å². The second kappa shape index (κ2) is 19.7. The van der Waals surface area contributed by atoms with Crippen LogP contribution in [-0.2, 0) is 4.84 Å². The van der Waals surface area contributed by atoms with Crippen molar-refractivity contribution in [3.05, 3.63) is 12.2 Å². The second-order valence-corrected chi connectivity index (χ2v) is 6.92. The molecule has 0 spiro atoms. The number of hydrogen-bond donors (Lipinski definition) is 1. The van der Waals surface area contributed by atoms with Crippen molar-refractivity contribution in [2.24, 2.45) is 5.90 Å². The van der Waals surface area contributed by atoms with Gasteiger partial charge in [0.1, 0.15) is 0 Å². The zero-order valence-corrected chi connectivity index (χ0v) is 16.0. The Morgan fingerprint density at radius 1 is 0.652 bits per heavy atom. The Balaban J connectivity index is 3.19. The lowest BCUT2D eigenvalue weighted by molar-refractivity contribution is 0.0391. The van der Waals surface area contributed by atoms with Gasteiger partial charge in [0.05, 0.1) is 6.10 Å². The van der Waals surface area contributed by atoms with Gasteiger partial charge >= 0.3 is 0 Å². The lowest BCUT2D eigenvalue weighted by atomic mass is 10.0. The quantitative estimate of drug-likeness (QED) is 0.166. The summed E-state index contributed by atoms with van der Waals surface area (Å²) in [5, 5.41) is 0. The van der Waals surface area contributed by atoms with Gasteiger partial charge in [-0.15, -0.1) is 0 Å². The molecule has 1 unspecified atom stereocenters. The van der Waals surface area contributed by atoms with Crippen LogP contribution < -0.4 is 5.90 Å². The summed E-state index contributed by atoms with van der Waals surface area (Å²) in [7, 11) is 0. The lowest BCUT2D eigenvalue weighted by Gasteiger charge is -2.12. The fourth-order valence-corrected chi connectivity index (χ4v) is 3.05. The van der Waals surface area contributed by atoms with Crippen LogP contribution in [0.4, 0.5) is 0 Å². The molecule has 23 heavy (non-hydrogen) atoms. The summed E-state index contributed by atoms with van der Waals surface area (Å²) in [6.07, 6.45) is 26.1. The molecule has 2 N–H and O–H groups in total. The highest BCUT2D eigenvalue weighted by Gasteiger charge is 2.05. The summed E-state index contributed by atoms with van der Waals surface area (Å²) in [6.45, 7) is 4.46. The molecule has 0 radical (unpaired) electrons. The monoisotopic (exact) mass is 325 g/mol. The average molecular weight is 326 g/mol. The van der Waals surface area contributed by atoms with Crippen LogP contribution in [0.3, 0.4) is 0 Å². The Bertz CT molecular complexity index is 240. The summed E-state index contributed by atoms with van der Waals surface area (Å²) >= 11 is 0. The zero-order valence-electron chi connectivity index (χ0n) is 16.0. The summed E-state index contributed by atoms with van der Waals surface area (Å²) in [5.41, 5.74) is 0. The van der Waals surface area contributed by atoms with Crippen LogP contribution in [-0.4, -0.2) is 6.10 Å². The summed E-state index contributed by atoms with van der Waals surface area (Å²) < 4.78 is 0. The SMILES string of the molecule is CCCCCCCC/C=C/CCCCCCCC(CCC)ON. The molecule has 0 fully saturated rings. The van der Waals surface area contributed by atoms with Crippen molar-refractivity contribution in [2.75, 3.05) is 0 Å². The normalized spacial score (nSPS) is 13.0. The van der Waals surface area contributed by atoms with E-state index in [0.717, 1.165) is 19.3 Å². The van der Waals surface area contributed by atoms with Gasteiger partial charge in [-0.05, 0) is 38.5 Å². The molecule has 2 heteroatoms. The van der Waals surface area contributed by atoms with E-state index in [1.165, 1.54) is 83.5 Å².